The van der Waals surface area contributed by atoms with Crippen molar-refractivity contribution in [1.82, 2.24) is 0 Å². The Balaban J connectivity index is 0.000000791. The summed E-state index contributed by atoms with van der Waals surface area (Å²) < 4.78 is 12.5. The van der Waals surface area contributed by atoms with Gasteiger partial charge in [0, 0.05) is 18.8 Å². The summed E-state index contributed by atoms with van der Waals surface area (Å²) in [5.41, 5.74) is 1.08. The van der Waals surface area contributed by atoms with E-state index in [1.807, 2.05) is 26.0 Å². The molecule has 0 bridgehead atoms. The monoisotopic (exact) mass is 197 g/mol. The molecular formula is C12H20FN. The molecule has 0 aliphatic carbocycles. The summed E-state index contributed by atoms with van der Waals surface area (Å²) in [6, 6.07) is 6.60. The van der Waals surface area contributed by atoms with Gasteiger partial charge < -0.3 is 4.90 Å². The van der Waals surface area contributed by atoms with Crippen molar-refractivity contribution in [3.05, 3.63) is 30.1 Å². The lowest BCUT2D eigenvalue weighted by molar-refractivity contribution is 0.627. The Kier molecular flexibility index (Phi) is 6.81. The summed E-state index contributed by atoms with van der Waals surface area (Å²) in [5.74, 6) is -0.175. The average Bonchev–Trinajstić information content (AvgIpc) is 2.25. The number of benzene rings is 1. The van der Waals surface area contributed by atoms with Crippen molar-refractivity contribution in [2.75, 3.05) is 18.0 Å². The molecular weight excluding hydrogens is 177 g/mol. The zero-order valence-electron chi connectivity index (χ0n) is 9.55. The standard InChI is InChI=1S/C10H14FN.C2H6/c1-3-12(4-2)10-7-5-9(11)6-8-10;1-2/h5-8H,3-4H2,1-2H3;1-2H3. The predicted molar refractivity (Wildman–Crippen MR) is 61.3 cm³/mol. The fourth-order valence-electron chi connectivity index (χ4n) is 1.24. The average molecular weight is 197 g/mol. The van der Waals surface area contributed by atoms with Gasteiger partial charge in [0.25, 0.3) is 0 Å². The van der Waals surface area contributed by atoms with E-state index in [2.05, 4.69) is 18.7 Å². The summed E-state index contributed by atoms with van der Waals surface area (Å²) in [6.07, 6.45) is 0. The highest BCUT2D eigenvalue weighted by Crippen LogP contribution is 2.13. The molecule has 1 rings (SSSR count). The SMILES string of the molecule is CC.CCN(CC)c1ccc(F)cc1. The van der Waals surface area contributed by atoms with E-state index in [-0.39, 0.29) is 5.82 Å². The van der Waals surface area contributed by atoms with Gasteiger partial charge in [0.2, 0.25) is 0 Å². The maximum absolute atomic E-state index is 12.5. The van der Waals surface area contributed by atoms with Crippen molar-refractivity contribution in [3.63, 3.8) is 0 Å². The quantitative estimate of drug-likeness (QED) is 0.714. The molecule has 0 aliphatic heterocycles. The van der Waals surface area contributed by atoms with Crippen molar-refractivity contribution in [1.29, 1.82) is 0 Å². The minimum Gasteiger partial charge on any atom is -0.372 e. The smallest absolute Gasteiger partial charge is 0.123 e. The molecule has 80 valence electrons. The molecule has 14 heavy (non-hydrogen) atoms. The van der Waals surface area contributed by atoms with Crippen molar-refractivity contribution in [2.24, 2.45) is 0 Å². The molecule has 2 heteroatoms. The van der Waals surface area contributed by atoms with E-state index < -0.39 is 0 Å². The van der Waals surface area contributed by atoms with E-state index in [1.54, 1.807) is 0 Å². The van der Waals surface area contributed by atoms with E-state index in [9.17, 15) is 4.39 Å². The van der Waals surface area contributed by atoms with Gasteiger partial charge in [-0.05, 0) is 38.1 Å². The zero-order valence-corrected chi connectivity index (χ0v) is 9.55. The van der Waals surface area contributed by atoms with Gasteiger partial charge in [0.1, 0.15) is 5.82 Å². The fraction of sp³-hybridized carbons (Fsp3) is 0.500. The molecule has 0 saturated carbocycles. The first-order valence-electron chi connectivity index (χ1n) is 5.28. The Morgan fingerprint density at radius 1 is 1.00 bits per heavy atom. The van der Waals surface area contributed by atoms with Crippen LogP contribution in [0.5, 0.6) is 0 Å². The molecule has 0 radical (unpaired) electrons. The highest BCUT2D eigenvalue weighted by molar-refractivity contribution is 5.45. The summed E-state index contributed by atoms with van der Waals surface area (Å²) >= 11 is 0. The third-order valence-corrected chi connectivity index (χ3v) is 1.96. The number of nitrogens with zero attached hydrogens (tertiary/aromatic N) is 1. The number of anilines is 1. The molecule has 0 aromatic heterocycles. The van der Waals surface area contributed by atoms with Crippen molar-refractivity contribution < 1.29 is 4.39 Å². The molecule has 0 heterocycles. The van der Waals surface area contributed by atoms with Gasteiger partial charge in [-0.1, -0.05) is 13.8 Å². The first-order valence-corrected chi connectivity index (χ1v) is 5.28. The minimum absolute atomic E-state index is 0.175. The number of hydrogen-bond acceptors (Lipinski definition) is 1. The van der Waals surface area contributed by atoms with Crippen LogP contribution in [0.2, 0.25) is 0 Å². The lowest BCUT2D eigenvalue weighted by atomic mass is 10.3. The van der Waals surface area contributed by atoms with Gasteiger partial charge in [0.15, 0.2) is 0 Å². The highest BCUT2D eigenvalue weighted by atomic mass is 19.1. The van der Waals surface area contributed by atoms with Gasteiger partial charge >= 0.3 is 0 Å². The minimum atomic E-state index is -0.175. The Hall–Kier alpha value is -1.05. The van der Waals surface area contributed by atoms with E-state index in [4.69, 9.17) is 0 Å². The summed E-state index contributed by atoms with van der Waals surface area (Å²) in [5, 5.41) is 0. The van der Waals surface area contributed by atoms with Crippen molar-refractivity contribution in [3.8, 4) is 0 Å². The van der Waals surface area contributed by atoms with Gasteiger partial charge in [-0.2, -0.15) is 0 Å². The fourth-order valence-corrected chi connectivity index (χ4v) is 1.24. The van der Waals surface area contributed by atoms with Gasteiger partial charge in [-0.25, -0.2) is 4.39 Å². The van der Waals surface area contributed by atoms with Crippen LogP contribution in [-0.2, 0) is 0 Å². The Bertz CT molecular complexity index is 227. The Morgan fingerprint density at radius 3 is 1.79 bits per heavy atom. The summed E-state index contributed by atoms with van der Waals surface area (Å²) in [4.78, 5) is 2.18. The molecule has 0 amide bonds. The van der Waals surface area contributed by atoms with Crippen LogP contribution in [0.15, 0.2) is 24.3 Å². The molecule has 0 aliphatic rings. The first-order chi connectivity index (χ1) is 6.77. The van der Waals surface area contributed by atoms with Crippen LogP contribution >= 0.6 is 0 Å². The topological polar surface area (TPSA) is 3.24 Å². The van der Waals surface area contributed by atoms with Crippen LogP contribution in [0.4, 0.5) is 10.1 Å². The van der Waals surface area contributed by atoms with Crippen LogP contribution in [0, 0.1) is 5.82 Å². The largest absolute Gasteiger partial charge is 0.372 e. The molecule has 0 fully saturated rings. The zero-order chi connectivity index (χ0) is 11.0. The summed E-state index contributed by atoms with van der Waals surface area (Å²) in [7, 11) is 0. The van der Waals surface area contributed by atoms with Crippen LogP contribution in [0.25, 0.3) is 0 Å². The van der Waals surface area contributed by atoms with Crippen LogP contribution in [0.3, 0.4) is 0 Å². The van der Waals surface area contributed by atoms with Gasteiger partial charge in [0.05, 0.1) is 0 Å². The second-order valence-corrected chi connectivity index (χ2v) is 2.65. The molecule has 1 aromatic rings. The molecule has 1 nitrogen and oxygen atoms in total. The van der Waals surface area contributed by atoms with E-state index in [0.29, 0.717) is 0 Å². The molecule has 0 atom stereocenters. The Labute approximate surface area is 86.6 Å². The highest BCUT2D eigenvalue weighted by Gasteiger charge is 1.99. The van der Waals surface area contributed by atoms with Crippen molar-refractivity contribution >= 4 is 5.69 Å². The van der Waals surface area contributed by atoms with Crippen LogP contribution in [0.1, 0.15) is 27.7 Å². The number of halogens is 1. The molecule has 0 unspecified atom stereocenters. The van der Waals surface area contributed by atoms with Crippen LogP contribution in [-0.4, -0.2) is 13.1 Å². The van der Waals surface area contributed by atoms with Crippen molar-refractivity contribution in [2.45, 2.75) is 27.7 Å². The molecule has 0 N–H and O–H groups in total. The second kappa shape index (κ2) is 7.36. The van der Waals surface area contributed by atoms with E-state index in [1.165, 1.54) is 12.1 Å². The normalized spacial score (nSPS) is 8.93. The molecule has 0 spiro atoms. The number of hydrogen-bond donors (Lipinski definition) is 0. The van der Waals surface area contributed by atoms with Crippen LogP contribution < -0.4 is 4.90 Å². The maximum atomic E-state index is 12.5. The van der Waals surface area contributed by atoms with E-state index >= 15 is 0 Å². The third kappa shape index (κ3) is 3.77. The molecule has 1 aromatic carbocycles. The maximum Gasteiger partial charge on any atom is 0.123 e. The first kappa shape index (κ1) is 12.9. The van der Waals surface area contributed by atoms with E-state index in [0.717, 1.165) is 18.8 Å². The summed E-state index contributed by atoms with van der Waals surface area (Å²) in [6.45, 7) is 10.1. The second-order valence-electron chi connectivity index (χ2n) is 2.65. The number of rotatable bonds is 3. The Morgan fingerprint density at radius 2 is 1.43 bits per heavy atom. The lowest BCUT2D eigenvalue weighted by Gasteiger charge is -2.20. The van der Waals surface area contributed by atoms with Gasteiger partial charge in [-0.3, -0.25) is 0 Å². The lowest BCUT2D eigenvalue weighted by Crippen LogP contribution is -2.21. The predicted octanol–water partition coefficient (Wildman–Crippen LogP) is 3.70. The third-order valence-electron chi connectivity index (χ3n) is 1.96. The van der Waals surface area contributed by atoms with Gasteiger partial charge in [-0.15, -0.1) is 0 Å². The molecule has 0 saturated heterocycles.